The normalized spacial score (nSPS) is 10.2. The minimum Gasteiger partial charge on any atom is -0.493 e. The van der Waals surface area contributed by atoms with Crippen LogP contribution in [0.15, 0.2) is 24.4 Å². The maximum Gasteiger partial charge on any atom is 0.318 e. The number of anilines is 1. The summed E-state index contributed by atoms with van der Waals surface area (Å²) in [5.41, 5.74) is 6.16. The number of methoxy groups -OCH3 is 2. The highest BCUT2D eigenvalue weighted by atomic mass is 19.1. The van der Waals surface area contributed by atoms with Crippen molar-refractivity contribution in [2.75, 3.05) is 20.0 Å². The Balaban J connectivity index is 2.08. The second-order valence-corrected chi connectivity index (χ2v) is 3.86. The highest BCUT2D eigenvalue weighted by Gasteiger charge is 2.07. The predicted molar refractivity (Wildman–Crippen MR) is 70.3 cm³/mol. The average Bonchev–Trinajstić information content (AvgIpc) is 2.48. The van der Waals surface area contributed by atoms with Crippen LogP contribution in [0.4, 0.5) is 10.2 Å². The molecule has 0 radical (unpaired) electrons. The second-order valence-electron chi connectivity index (χ2n) is 3.86. The molecule has 2 rings (SSSR count). The van der Waals surface area contributed by atoms with Crippen LogP contribution < -0.4 is 19.9 Å². The fourth-order valence-electron chi connectivity index (χ4n) is 1.55. The molecule has 0 amide bonds. The third kappa shape index (κ3) is 3.05. The molecule has 2 N–H and O–H groups in total. The number of hydrogen-bond donors (Lipinski definition) is 1. The number of rotatable bonds is 5. The highest BCUT2D eigenvalue weighted by molar-refractivity contribution is 5.42. The lowest BCUT2D eigenvalue weighted by atomic mass is 10.2. The first-order valence-electron chi connectivity index (χ1n) is 5.75. The topological polar surface area (TPSA) is 79.5 Å². The van der Waals surface area contributed by atoms with E-state index in [1.165, 1.54) is 0 Å². The van der Waals surface area contributed by atoms with Crippen molar-refractivity contribution in [3.8, 4) is 17.5 Å². The van der Waals surface area contributed by atoms with Gasteiger partial charge in [0.15, 0.2) is 23.1 Å². The van der Waals surface area contributed by atoms with E-state index in [9.17, 15) is 4.39 Å². The zero-order valence-corrected chi connectivity index (χ0v) is 11.1. The summed E-state index contributed by atoms with van der Waals surface area (Å²) >= 11 is 0. The quantitative estimate of drug-likeness (QED) is 0.899. The second kappa shape index (κ2) is 6.05. The molecule has 0 saturated carbocycles. The number of nitrogen functional groups attached to an aromatic ring is 1. The fourth-order valence-corrected chi connectivity index (χ4v) is 1.55. The van der Waals surface area contributed by atoms with E-state index in [2.05, 4.69) is 9.97 Å². The maximum absolute atomic E-state index is 12.9. The van der Waals surface area contributed by atoms with Crippen molar-refractivity contribution in [3.05, 3.63) is 35.8 Å². The van der Waals surface area contributed by atoms with Gasteiger partial charge in [-0.25, -0.2) is 9.37 Å². The third-order valence-electron chi connectivity index (χ3n) is 2.57. The zero-order chi connectivity index (χ0) is 14.5. The molecule has 0 aliphatic rings. The summed E-state index contributed by atoms with van der Waals surface area (Å²) in [6.45, 7) is 0.200. The Labute approximate surface area is 115 Å². The lowest BCUT2D eigenvalue weighted by Crippen LogP contribution is -2.03. The van der Waals surface area contributed by atoms with Gasteiger partial charge in [-0.1, -0.05) is 6.07 Å². The SMILES string of the molecule is COc1ccc(COc2ncc(F)c(N)n2)cc1OC. The summed E-state index contributed by atoms with van der Waals surface area (Å²) in [4.78, 5) is 7.36. The first-order valence-corrected chi connectivity index (χ1v) is 5.75. The van der Waals surface area contributed by atoms with Crippen molar-refractivity contribution in [3.63, 3.8) is 0 Å². The van der Waals surface area contributed by atoms with E-state index in [-0.39, 0.29) is 18.4 Å². The van der Waals surface area contributed by atoms with Gasteiger partial charge >= 0.3 is 6.01 Å². The van der Waals surface area contributed by atoms with E-state index in [0.717, 1.165) is 11.8 Å². The summed E-state index contributed by atoms with van der Waals surface area (Å²) in [7, 11) is 3.11. The molecule has 2 aromatic rings. The lowest BCUT2D eigenvalue weighted by Gasteiger charge is -2.10. The van der Waals surface area contributed by atoms with E-state index in [1.807, 2.05) is 6.07 Å². The predicted octanol–water partition coefficient (Wildman–Crippen LogP) is 1.79. The molecule has 20 heavy (non-hydrogen) atoms. The van der Waals surface area contributed by atoms with Crippen LogP contribution in [0.5, 0.6) is 17.5 Å². The number of hydrogen-bond acceptors (Lipinski definition) is 6. The van der Waals surface area contributed by atoms with Crippen molar-refractivity contribution >= 4 is 5.82 Å². The molecule has 1 aromatic carbocycles. The van der Waals surface area contributed by atoms with E-state index in [4.69, 9.17) is 19.9 Å². The molecular formula is C13H14FN3O3. The molecule has 1 aromatic heterocycles. The Hall–Kier alpha value is -2.57. The molecule has 0 aliphatic heterocycles. The van der Waals surface area contributed by atoms with Crippen LogP contribution in [0.3, 0.4) is 0 Å². The summed E-state index contributed by atoms with van der Waals surface area (Å²) in [6, 6.07) is 5.36. The van der Waals surface area contributed by atoms with Crippen LogP contribution in [0.1, 0.15) is 5.56 Å². The van der Waals surface area contributed by atoms with Crippen LogP contribution in [0.25, 0.3) is 0 Å². The summed E-state index contributed by atoms with van der Waals surface area (Å²) in [5, 5.41) is 0. The number of nitrogens with two attached hydrogens (primary N) is 1. The summed E-state index contributed by atoms with van der Waals surface area (Å²) < 4.78 is 28.6. The number of nitrogens with zero attached hydrogens (tertiary/aromatic N) is 2. The molecule has 1 heterocycles. The fraction of sp³-hybridized carbons (Fsp3) is 0.231. The van der Waals surface area contributed by atoms with E-state index < -0.39 is 5.82 Å². The van der Waals surface area contributed by atoms with Gasteiger partial charge in [-0.2, -0.15) is 4.98 Å². The van der Waals surface area contributed by atoms with Gasteiger partial charge in [-0.3, -0.25) is 0 Å². The molecule has 0 aliphatic carbocycles. The van der Waals surface area contributed by atoms with E-state index in [0.29, 0.717) is 11.5 Å². The van der Waals surface area contributed by atoms with Gasteiger partial charge in [-0.15, -0.1) is 0 Å². The van der Waals surface area contributed by atoms with E-state index >= 15 is 0 Å². The minimum absolute atomic E-state index is 0.0127. The first-order chi connectivity index (χ1) is 9.63. The van der Waals surface area contributed by atoms with Crippen LogP contribution in [-0.2, 0) is 6.61 Å². The first kappa shape index (κ1) is 13.9. The Morgan fingerprint density at radius 2 is 1.95 bits per heavy atom. The van der Waals surface area contributed by atoms with Gasteiger partial charge in [-0.05, 0) is 17.7 Å². The van der Waals surface area contributed by atoms with Crippen molar-refractivity contribution in [2.45, 2.75) is 6.61 Å². The van der Waals surface area contributed by atoms with Crippen LogP contribution in [-0.4, -0.2) is 24.2 Å². The number of halogens is 1. The van der Waals surface area contributed by atoms with Gasteiger partial charge in [0.05, 0.1) is 20.4 Å². The number of aromatic nitrogens is 2. The van der Waals surface area contributed by atoms with Gasteiger partial charge in [0.1, 0.15) is 6.61 Å². The summed E-state index contributed by atoms with van der Waals surface area (Å²) in [5.74, 6) is 0.289. The largest absolute Gasteiger partial charge is 0.493 e. The summed E-state index contributed by atoms with van der Waals surface area (Å²) in [6.07, 6.45) is 0.965. The van der Waals surface area contributed by atoms with Gasteiger partial charge in [0.2, 0.25) is 0 Å². The Morgan fingerprint density at radius 1 is 1.20 bits per heavy atom. The minimum atomic E-state index is -0.677. The van der Waals surface area contributed by atoms with Crippen molar-refractivity contribution in [1.29, 1.82) is 0 Å². The molecule has 7 heteroatoms. The van der Waals surface area contributed by atoms with Gasteiger partial charge in [0, 0.05) is 0 Å². The van der Waals surface area contributed by atoms with E-state index in [1.54, 1.807) is 26.4 Å². The Bertz CT molecular complexity index is 607. The van der Waals surface area contributed by atoms with Crippen LogP contribution in [0.2, 0.25) is 0 Å². The average molecular weight is 279 g/mol. The molecule has 0 spiro atoms. The molecule has 0 fully saturated rings. The highest BCUT2D eigenvalue weighted by Crippen LogP contribution is 2.27. The molecule has 0 unspecified atom stereocenters. The molecule has 0 atom stereocenters. The maximum atomic E-state index is 12.9. The third-order valence-corrected chi connectivity index (χ3v) is 2.57. The molecule has 0 bridgehead atoms. The van der Waals surface area contributed by atoms with Gasteiger partial charge in [0.25, 0.3) is 0 Å². The smallest absolute Gasteiger partial charge is 0.318 e. The number of benzene rings is 1. The molecule has 0 saturated heterocycles. The monoisotopic (exact) mass is 279 g/mol. The standard InChI is InChI=1S/C13H14FN3O3/c1-18-10-4-3-8(5-11(10)19-2)7-20-13-16-6-9(14)12(15)17-13/h3-6H,7H2,1-2H3,(H2,15,16,17). The van der Waals surface area contributed by atoms with Crippen molar-refractivity contribution < 1.29 is 18.6 Å². The zero-order valence-electron chi connectivity index (χ0n) is 11.1. The van der Waals surface area contributed by atoms with Crippen LogP contribution in [0, 0.1) is 5.82 Å². The Morgan fingerprint density at radius 3 is 2.60 bits per heavy atom. The molecular weight excluding hydrogens is 265 g/mol. The van der Waals surface area contributed by atoms with Gasteiger partial charge < -0.3 is 19.9 Å². The Kier molecular flexibility index (Phi) is 4.19. The molecule has 6 nitrogen and oxygen atoms in total. The molecule has 106 valence electrons. The van der Waals surface area contributed by atoms with Crippen molar-refractivity contribution in [1.82, 2.24) is 9.97 Å². The number of ether oxygens (including phenoxy) is 3. The van der Waals surface area contributed by atoms with Crippen LogP contribution >= 0.6 is 0 Å². The van der Waals surface area contributed by atoms with Crippen molar-refractivity contribution in [2.24, 2.45) is 0 Å². The lowest BCUT2D eigenvalue weighted by molar-refractivity contribution is 0.278.